The van der Waals surface area contributed by atoms with Crippen LogP contribution < -0.4 is 5.73 Å². The summed E-state index contributed by atoms with van der Waals surface area (Å²) in [4.78, 5) is 4.23. The summed E-state index contributed by atoms with van der Waals surface area (Å²) in [6, 6.07) is 8.27. The smallest absolute Gasteiger partial charge is 0.0994 e. The van der Waals surface area contributed by atoms with Crippen LogP contribution in [-0.2, 0) is 0 Å². The Hall–Kier alpha value is -1.61. The number of rotatable bonds is 3. The van der Waals surface area contributed by atoms with E-state index in [4.69, 9.17) is 5.73 Å². The van der Waals surface area contributed by atoms with Crippen molar-refractivity contribution >= 4 is 0 Å². The first-order chi connectivity index (χ1) is 8.11. The lowest BCUT2D eigenvalue weighted by molar-refractivity contribution is 0.497. The number of hydrogen-bond donors (Lipinski definition) is 1. The second-order valence-electron chi connectivity index (χ2n) is 4.74. The van der Waals surface area contributed by atoms with E-state index in [1.807, 2.05) is 24.7 Å². The number of benzene rings is 1. The molecule has 0 aliphatic rings. The molecule has 0 fully saturated rings. The van der Waals surface area contributed by atoms with E-state index in [9.17, 15) is 0 Å². The van der Waals surface area contributed by atoms with Crippen molar-refractivity contribution in [3.8, 4) is 5.69 Å². The fraction of sp³-hybridized carbons (Fsp3) is 0.357. The van der Waals surface area contributed by atoms with E-state index >= 15 is 0 Å². The van der Waals surface area contributed by atoms with Crippen molar-refractivity contribution in [1.29, 1.82) is 0 Å². The van der Waals surface area contributed by atoms with Crippen molar-refractivity contribution in [3.63, 3.8) is 0 Å². The van der Waals surface area contributed by atoms with Gasteiger partial charge in [-0.2, -0.15) is 0 Å². The van der Waals surface area contributed by atoms with Crippen molar-refractivity contribution in [2.45, 2.75) is 26.8 Å². The maximum absolute atomic E-state index is 6.21. The Morgan fingerprint density at radius 3 is 2.59 bits per heavy atom. The molecule has 1 atom stereocenters. The van der Waals surface area contributed by atoms with Crippen LogP contribution in [0.15, 0.2) is 36.8 Å². The van der Waals surface area contributed by atoms with Gasteiger partial charge in [-0.1, -0.05) is 32.0 Å². The van der Waals surface area contributed by atoms with Gasteiger partial charge in [0.05, 0.1) is 18.2 Å². The number of para-hydroxylation sites is 1. The summed E-state index contributed by atoms with van der Waals surface area (Å²) < 4.78 is 2.08. The molecule has 0 amide bonds. The first-order valence-corrected chi connectivity index (χ1v) is 5.95. The summed E-state index contributed by atoms with van der Waals surface area (Å²) in [6.45, 7) is 6.35. The molecule has 1 heterocycles. The highest BCUT2D eigenvalue weighted by molar-refractivity contribution is 5.41. The van der Waals surface area contributed by atoms with Gasteiger partial charge in [-0.3, -0.25) is 0 Å². The molecule has 90 valence electrons. The normalized spacial score (nSPS) is 13.0. The van der Waals surface area contributed by atoms with Crippen LogP contribution in [0, 0.1) is 12.8 Å². The molecule has 1 aromatic heterocycles. The van der Waals surface area contributed by atoms with E-state index in [2.05, 4.69) is 42.5 Å². The van der Waals surface area contributed by atoms with Crippen LogP contribution in [0.3, 0.4) is 0 Å². The molecule has 0 saturated heterocycles. The summed E-state index contributed by atoms with van der Waals surface area (Å²) in [5.41, 5.74) is 9.65. The fourth-order valence-electron chi connectivity index (χ4n) is 1.93. The standard InChI is InChI=1S/C14H19N3/c1-10(2)14(15)13-8-16-9-17(13)12-7-5-4-6-11(12)3/h4-10,14H,15H2,1-3H3. The van der Waals surface area contributed by atoms with Gasteiger partial charge in [-0.25, -0.2) is 4.98 Å². The summed E-state index contributed by atoms with van der Waals surface area (Å²) in [6.07, 6.45) is 3.69. The molecule has 0 saturated carbocycles. The van der Waals surface area contributed by atoms with Gasteiger partial charge in [0.25, 0.3) is 0 Å². The molecule has 0 aliphatic heterocycles. The van der Waals surface area contributed by atoms with Crippen LogP contribution in [-0.4, -0.2) is 9.55 Å². The fourth-order valence-corrected chi connectivity index (χ4v) is 1.93. The molecule has 0 radical (unpaired) electrons. The number of aromatic nitrogens is 2. The second-order valence-corrected chi connectivity index (χ2v) is 4.74. The number of nitrogens with zero attached hydrogens (tertiary/aromatic N) is 2. The minimum absolute atomic E-state index is 0.0112. The monoisotopic (exact) mass is 229 g/mol. The topological polar surface area (TPSA) is 43.8 Å². The van der Waals surface area contributed by atoms with Crippen molar-refractivity contribution in [3.05, 3.63) is 48.0 Å². The van der Waals surface area contributed by atoms with Gasteiger partial charge in [0.1, 0.15) is 0 Å². The summed E-state index contributed by atoms with van der Waals surface area (Å²) in [5.74, 6) is 0.398. The average Bonchev–Trinajstić information content (AvgIpc) is 2.77. The minimum Gasteiger partial charge on any atom is -0.322 e. The van der Waals surface area contributed by atoms with Gasteiger partial charge in [0.15, 0.2) is 0 Å². The molecule has 2 N–H and O–H groups in total. The third kappa shape index (κ3) is 2.24. The average molecular weight is 229 g/mol. The van der Waals surface area contributed by atoms with Crippen LogP contribution in [0.4, 0.5) is 0 Å². The van der Waals surface area contributed by atoms with Crippen molar-refractivity contribution < 1.29 is 0 Å². The first-order valence-electron chi connectivity index (χ1n) is 5.95. The van der Waals surface area contributed by atoms with Crippen LogP contribution in [0.25, 0.3) is 5.69 Å². The highest BCUT2D eigenvalue weighted by Crippen LogP contribution is 2.23. The molecular weight excluding hydrogens is 210 g/mol. The van der Waals surface area contributed by atoms with E-state index in [1.165, 1.54) is 5.56 Å². The third-order valence-corrected chi connectivity index (χ3v) is 3.10. The predicted octanol–water partition coefficient (Wildman–Crippen LogP) is 2.84. The van der Waals surface area contributed by atoms with Gasteiger partial charge in [0.2, 0.25) is 0 Å². The minimum atomic E-state index is 0.0112. The van der Waals surface area contributed by atoms with Crippen LogP contribution in [0.1, 0.15) is 31.1 Å². The Labute approximate surface area is 102 Å². The molecule has 0 spiro atoms. The Morgan fingerprint density at radius 2 is 1.94 bits per heavy atom. The second kappa shape index (κ2) is 4.72. The Bertz CT molecular complexity index is 500. The number of nitrogens with two attached hydrogens (primary N) is 1. The largest absolute Gasteiger partial charge is 0.322 e. The molecule has 3 nitrogen and oxygen atoms in total. The molecule has 17 heavy (non-hydrogen) atoms. The predicted molar refractivity (Wildman–Crippen MR) is 70.1 cm³/mol. The SMILES string of the molecule is Cc1ccccc1-n1cncc1C(N)C(C)C. The van der Waals surface area contributed by atoms with Gasteiger partial charge in [0, 0.05) is 11.7 Å². The zero-order valence-corrected chi connectivity index (χ0v) is 10.6. The maximum Gasteiger partial charge on any atom is 0.0994 e. The number of hydrogen-bond acceptors (Lipinski definition) is 2. The van der Waals surface area contributed by atoms with E-state index < -0.39 is 0 Å². The zero-order valence-electron chi connectivity index (χ0n) is 10.6. The molecular formula is C14H19N3. The maximum atomic E-state index is 6.21. The van der Waals surface area contributed by atoms with Crippen molar-refractivity contribution in [2.24, 2.45) is 11.7 Å². The Balaban J connectivity index is 2.48. The van der Waals surface area contributed by atoms with Gasteiger partial charge in [-0.05, 0) is 24.5 Å². The summed E-state index contributed by atoms with van der Waals surface area (Å²) >= 11 is 0. The van der Waals surface area contributed by atoms with Crippen molar-refractivity contribution in [1.82, 2.24) is 9.55 Å². The molecule has 0 bridgehead atoms. The molecule has 1 aromatic carbocycles. The lowest BCUT2D eigenvalue weighted by Gasteiger charge is -2.18. The molecule has 3 heteroatoms. The number of imidazole rings is 1. The molecule has 2 aromatic rings. The summed E-state index contributed by atoms with van der Waals surface area (Å²) in [5, 5.41) is 0. The molecule has 2 rings (SSSR count). The highest BCUT2D eigenvalue weighted by Gasteiger charge is 2.16. The highest BCUT2D eigenvalue weighted by atomic mass is 15.1. The van der Waals surface area contributed by atoms with E-state index in [0.717, 1.165) is 11.4 Å². The number of aryl methyl sites for hydroxylation is 1. The van der Waals surface area contributed by atoms with E-state index in [-0.39, 0.29) is 6.04 Å². The van der Waals surface area contributed by atoms with Crippen molar-refractivity contribution in [2.75, 3.05) is 0 Å². The van der Waals surface area contributed by atoms with Gasteiger partial charge >= 0.3 is 0 Å². The van der Waals surface area contributed by atoms with Gasteiger partial charge < -0.3 is 10.3 Å². The Kier molecular flexibility index (Phi) is 3.29. The quantitative estimate of drug-likeness (QED) is 0.879. The lowest BCUT2D eigenvalue weighted by Crippen LogP contribution is -2.20. The molecule has 1 unspecified atom stereocenters. The van der Waals surface area contributed by atoms with E-state index in [1.54, 1.807) is 0 Å². The van der Waals surface area contributed by atoms with Crippen LogP contribution >= 0.6 is 0 Å². The van der Waals surface area contributed by atoms with E-state index in [0.29, 0.717) is 5.92 Å². The van der Waals surface area contributed by atoms with Crippen LogP contribution in [0.5, 0.6) is 0 Å². The Morgan fingerprint density at radius 1 is 1.24 bits per heavy atom. The third-order valence-electron chi connectivity index (χ3n) is 3.10. The zero-order chi connectivity index (χ0) is 12.4. The molecule has 0 aliphatic carbocycles. The summed E-state index contributed by atoms with van der Waals surface area (Å²) in [7, 11) is 0. The van der Waals surface area contributed by atoms with Gasteiger partial charge in [-0.15, -0.1) is 0 Å². The lowest BCUT2D eigenvalue weighted by atomic mass is 10.0. The van der Waals surface area contributed by atoms with Crippen LogP contribution in [0.2, 0.25) is 0 Å². The first kappa shape index (κ1) is 11.9.